The molecule has 4 heteroatoms. The van der Waals surface area contributed by atoms with Crippen molar-refractivity contribution in [1.82, 2.24) is 4.90 Å². The van der Waals surface area contributed by atoms with Crippen molar-refractivity contribution in [2.45, 2.75) is 52.1 Å². The monoisotopic (exact) mass is 317 g/mol. The van der Waals surface area contributed by atoms with Crippen molar-refractivity contribution in [2.75, 3.05) is 13.1 Å². The molecule has 1 heterocycles. The number of aldehydes is 1. The standard InChI is InChI=1S/C19H27NO3/c1-19(2,3)23-18(22)20-12-10-16(11-13-20)5-4-15-6-8-17(14-21)9-7-15/h6-9,14,16H,4-5,10-13H2,1-3H3. The van der Waals surface area contributed by atoms with E-state index in [0.717, 1.165) is 50.6 Å². The molecule has 0 unspecified atom stereocenters. The van der Waals surface area contributed by atoms with Gasteiger partial charge in [0.25, 0.3) is 0 Å². The van der Waals surface area contributed by atoms with Gasteiger partial charge in [-0.2, -0.15) is 0 Å². The van der Waals surface area contributed by atoms with Crippen LogP contribution in [0.25, 0.3) is 0 Å². The van der Waals surface area contributed by atoms with Gasteiger partial charge in [0.05, 0.1) is 0 Å². The molecular formula is C19H27NO3. The van der Waals surface area contributed by atoms with E-state index in [-0.39, 0.29) is 6.09 Å². The largest absolute Gasteiger partial charge is 0.444 e. The Labute approximate surface area is 138 Å². The van der Waals surface area contributed by atoms with Gasteiger partial charge in [-0.3, -0.25) is 4.79 Å². The average molecular weight is 317 g/mol. The topological polar surface area (TPSA) is 46.6 Å². The number of benzene rings is 1. The summed E-state index contributed by atoms with van der Waals surface area (Å²) in [7, 11) is 0. The Kier molecular flexibility index (Phi) is 5.80. The van der Waals surface area contributed by atoms with Crippen LogP contribution >= 0.6 is 0 Å². The zero-order valence-electron chi connectivity index (χ0n) is 14.4. The molecule has 2 rings (SSSR count). The smallest absolute Gasteiger partial charge is 0.410 e. The van der Waals surface area contributed by atoms with Gasteiger partial charge in [0.2, 0.25) is 0 Å². The zero-order chi connectivity index (χ0) is 16.9. The molecule has 1 fully saturated rings. The Morgan fingerprint density at radius 2 is 1.83 bits per heavy atom. The van der Waals surface area contributed by atoms with Gasteiger partial charge in [-0.15, -0.1) is 0 Å². The molecule has 23 heavy (non-hydrogen) atoms. The highest BCUT2D eigenvalue weighted by Gasteiger charge is 2.26. The molecule has 1 aliphatic rings. The zero-order valence-corrected chi connectivity index (χ0v) is 14.4. The molecule has 0 bridgehead atoms. The summed E-state index contributed by atoms with van der Waals surface area (Å²) in [5, 5.41) is 0. The molecule has 1 aromatic carbocycles. The van der Waals surface area contributed by atoms with Crippen molar-refractivity contribution in [2.24, 2.45) is 5.92 Å². The summed E-state index contributed by atoms with van der Waals surface area (Å²) in [4.78, 5) is 24.5. The van der Waals surface area contributed by atoms with Crippen LogP contribution in [0.2, 0.25) is 0 Å². The van der Waals surface area contributed by atoms with Gasteiger partial charge < -0.3 is 9.64 Å². The third kappa shape index (κ3) is 5.70. The second kappa shape index (κ2) is 7.62. The first-order chi connectivity index (χ1) is 10.9. The van der Waals surface area contributed by atoms with Gasteiger partial charge in [-0.1, -0.05) is 24.3 Å². The lowest BCUT2D eigenvalue weighted by atomic mass is 9.90. The third-order valence-electron chi connectivity index (χ3n) is 4.22. The fourth-order valence-corrected chi connectivity index (χ4v) is 2.86. The number of likely N-dealkylation sites (tertiary alicyclic amines) is 1. The van der Waals surface area contributed by atoms with E-state index in [2.05, 4.69) is 0 Å². The van der Waals surface area contributed by atoms with Gasteiger partial charge >= 0.3 is 6.09 Å². The molecule has 1 amide bonds. The quantitative estimate of drug-likeness (QED) is 0.786. The van der Waals surface area contributed by atoms with Gasteiger partial charge in [0, 0.05) is 18.7 Å². The van der Waals surface area contributed by atoms with E-state index < -0.39 is 5.60 Å². The first-order valence-electron chi connectivity index (χ1n) is 8.39. The van der Waals surface area contributed by atoms with Crippen molar-refractivity contribution < 1.29 is 14.3 Å². The molecule has 0 aromatic heterocycles. The van der Waals surface area contributed by atoms with E-state index in [9.17, 15) is 9.59 Å². The molecule has 0 N–H and O–H groups in total. The molecule has 0 aliphatic carbocycles. The number of nitrogens with zero attached hydrogens (tertiary/aromatic N) is 1. The van der Waals surface area contributed by atoms with E-state index in [1.54, 1.807) is 0 Å². The van der Waals surface area contributed by atoms with Crippen LogP contribution in [0.5, 0.6) is 0 Å². The van der Waals surface area contributed by atoms with Crippen molar-refractivity contribution in [1.29, 1.82) is 0 Å². The first kappa shape index (κ1) is 17.5. The van der Waals surface area contributed by atoms with E-state index in [0.29, 0.717) is 5.92 Å². The van der Waals surface area contributed by atoms with E-state index in [4.69, 9.17) is 4.74 Å². The van der Waals surface area contributed by atoms with Crippen molar-refractivity contribution in [3.63, 3.8) is 0 Å². The number of amides is 1. The predicted molar refractivity (Wildman–Crippen MR) is 90.7 cm³/mol. The van der Waals surface area contributed by atoms with Crippen molar-refractivity contribution >= 4 is 12.4 Å². The molecule has 126 valence electrons. The van der Waals surface area contributed by atoms with Crippen LogP contribution in [0.1, 0.15) is 56.0 Å². The first-order valence-corrected chi connectivity index (χ1v) is 8.39. The Balaban J connectivity index is 1.74. The number of carbonyl (C=O) groups excluding carboxylic acids is 2. The van der Waals surface area contributed by atoms with Gasteiger partial charge in [-0.05, 0) is 57.9 Å². The van der Waals surface area contributed by atoms with Gasteiger partial charge in [-0.25, -0.2) is 4.79 Å². The number of rotatable bonds is 4. The lowest BCUT2D eigenvalue weighted by Gasteiger charge is -2.33. The summed E-state index contributed by atoms with van der Waals surface area (Å²) in [5.41, 5.74) is 1.56. The number of carbonyl (C=O) groups is 2. The molecule has 1 saturated heterocycles. The lowest BCUT2D eigenvalue weighted by molar-refractivity contribution is 0.0181. The minimum atomic E-state index is -0.429. The van der Waals surface area contributed by atoms with E-state index >= 15 is 0 Å². The molecule has 4 nitrogen and oxygen atoms in total. The summed E-state index contributed by atoms with van der Waals surface area (Å²) < 4.78 is 5.42. The third-order valence-corrected chi connectivity index (χ3v) is 4.22. The highest BCUT2D eigenvalue weighted by Crippen LogP contribution is 2.23. The number of hydrogen-bond donors (Lipinski definition) is 0. The summed E-state index contributed by atoms with van der Waals surface area (Å²) in [6.07, 6.45) is 4.90. The Morgan fingerprint density at radius 1 is 1.22 bits per heavy atom. The molecule has 1 aromatic rings. The maximum absolute atomic E-state index is 12.0. The average Bonchev–Trinajstić information content (AvgIpc) is 2.52. The van der Waals surface area contributed by atoms with Gasteiger partial charge in [0.15, 0.2) is 0 Å². The SMILES string of the molecule is CC(C)(C)OC(=O)N1CCC(CCc2ccc(C=O)cc2)CC1. The van der Waals surface area contributed by atoms with Crippen LogP contribution in [-0.2, 0) is 11.2 Å². The van der Waals surface area contributed by atoms with Crippen LogP contribution in [0.15, 0.2) is 24.3 Å². The van der Waals surface area contributed by atoms with Crippen LogP contribution in [0.3, 0.4) is 0 Å². The number of aryl methyl sites for hydroxylation is 1. The normalized spacial score (nSPS) is 16.2. The minimum absolute atomic E-state index is 0.194. The highest BCUT2D eigenvalue weighted by atomic mass is 16.6. The Hall–Kier alpha value is -1.84. The molecule has 0 radical (unpaired) electrons. The maximum atomic E-state index is 12.0. The fourth-order valence-electron chi connectivity index (χ4n) is 2.86. The Bertz CT molecular complexity index is 523. The second-order valence-electron chi connectivity index (χ2n) is 7.31. The number of ether oxygens (including phenoxy) is 1. The summed E-state index contributed by atoms with van der Waals surface area (Å²) in [6, 6.07) is 7.79. The summed E-state index contributed by atoms with van der Waals surface area (Å²) >= 11 is 0. The number of hydrogen-bond acceptors (Lipinski definition) is 3. The maximum Gasteiger partial charge on any atom is 0.410 e. The summed E-state index contributed by atoms with van der Waals surface area (Å²) in [5.74, 6) is 0.652. The van der Waals surface area contributed by atoms with E-state index in [1.165, 1.54) is 5.56 Å². The van der Waals surface area contributed by atoms with E-state index in [1.807, 2.05) is 49.9 Å². The van der Waals surface area contributed by atoms with Crippen LogP contribution in [-0.4, -0.2) is 36.0 Å². The predicted octanol–water partition coefficient (Wildman–Crippen LogP) is 4.08. The highest BCUT2D eigenvalue weighted by molar-refractivity contribution is 5.74. The summed E-state index contributed by atoms with van der Waals surface area (Å²) in [6.45, 7) is 7.25. The Morgan fingerprint density at radius 3 is 2.35 bits per heavy atom. The molecular weight excluding hydrogens is 290 g/mol. The molecule has 0 saturated carbocycles. The van der Waals surface area contributed by atoms with Gasteiger partial charge in [0.1, 0.15) is 11.9 Å². The second-order valence-corrected chi connectivity index (χ2v) is 7.31. The van der Waals surface area contributed by atoms with Crippen LogP contribution in [0, 0.1) is 5.92 Å². The van der Waals surface area contributed by atoms with Crippen molar-refractivity contribution in [3.05, 3.63) is 35.4 Å². The molecule has 0 atom stereocenters. The van der Waals surface area contributed by atoms with Crippen LogP contribution in [0.4, 0.5) is 4.79 Å². The fraction of sp³-hybridized carbons (Fsp3) is 0.579. The lowest BCUT2D eigenvalue weighted by Crippen LogP contribution is -2.41. The molecule has 0 spiro atoms. The number of piperidine rings is 1. The minimum Gasteiger partial charge on any atom is -0.444 e. The molecule has 1 aliphatic heterocycles. The van der Waals surface area contributed by atoms with Crippen LogP contribution < -0.4 is 0 Å². The van der Waals surface area contributed by atoms with Crippen molar-refractivity contribution in [3.8, 4) is 0 Å².